The van der Waals surface area contributed by atoms with E-state index in [1.54, 1.807) is 35.1 Å². The summed E-state index contributed by atoms with van der Waals surface area (Å²) in [5.41, 5.74) is 5.99. The van der Waals surface area contributed by atoms with E-state index < -0.39 is 5.97 Å². The number of aliphatic carboxylic acids is 1. The van der Waals surface area contributed by atoms with E-state index in [0.717, 1.165) is 11.3 Å². The number of rotatable bonds is 10. The fourth-order valence-corrected chi connectivity index (χ4v) is 2.56. The number of carboxylic acid groups (broad SMARTS) is 1. The monoisotopic (exact) mass is 379 g/mol. The molecule has 0 radical (unpaired) electrons. The van der Waals surface area contributed by atoms with Gasteiger partial charge in [-0.1, -0.05) is 30.8 Å². The molecule has 2 aromatic carbocycles. The van der Waals surface area contributed by atoms with E-state index in [1.807, 2.05) is 36.5 Å². The Kier molecular flexibility index (Phi) is 6.43. The van der Waals surface area contributed by atoms with Crippen LogP contribution in [0, 0.1) is 0 Å². The number of carbonyl (C=O) groups is 1. The highest BCUT2D eigenvalue weighted by molar-refractivity contribution is 5.70. The molecule has 0 spiro atoms. The topological polar surface area (TPSA) is 85.6 Å². The van der Waals surface area contributed by atoms with Gasteiger partial charge in [0.2, 0.25) is 0 Å². The van der Waals surface area contributed by atoms with Crippen molar-refractivity contribution in [2.45, 2.75) is 6.42 Å². The van der Waals surface area contributed by atoms with Crippen molar-refractivity contribution in [1.82, 2.24) is 15.3 Å². The average Bonchev–Trinajstić information content (AvgIpc) is 3.22. The summed E-state index contributed by atoms with van der Waals surface area (Å²) < 4.78 is 7.35. The van der Waals surface area contributed by atoms with Crippen LogP contribution in [0.2, 0.25) is 0 Å². The molecule has 1 heterocycles. The Labute approximate surface area is 162 Å². The number of nitrogens with zero attached hydrogens (tertiary/aromatic N) is 2. The third kappa shape index (κ3) is 5.46. The van der Waals surface area contributed by atoms with Gasteiger partial charge >= 0.3 is 5.97 Å². The second-order valence-corrected chi connectivity index (χ2v) is 5.99. The van der Waals surface area contributed by atoms with E-state index in [0.29, 0.717) is 30.2 Å². The van der Waals surface area contributed by atoms with Crippen molar-refractivity contribution in [3.05, 3.63) is 84.7 Å². The first kappa shape index (κ1) is 19.2. The molecular weight excluding hydrogens is 358 g/mol. The fraction of sp³-hybridized carbons (Fsp3) is 0.143. The van der Waals surface area contributed by atoms with Crippen LogP contribution >= 0.6 is 0 Å². The van der Waals surface area contributed by atoms with Gasteiger partial charge in [0.25, 0.3) is 0 Å². The molecule has 1 aromatic heterocycles. The molecule has 7 heteroatoms. The normalized spacial score (nSPS) is 10.4. The molecule has 0 aliphatic rings. The van der Waals surface area contributed by atoms with E-state index in [9.17, 15) is 4.79 Å². The van der Waals surface area contributed by atoms with Crippen molar-refractivity contribution in [3.63, 3.8) is 0 Å². The van der Waals surface area contributed by atoms with Crippen molar-refractivity contribution < 1.29 is 19.5 Å². The Balaban J connectivity index is 1.40. The lowest BCUT2D eigenvalue weighted by Gasteiger charge is -2.12. The number of carboxylic acids is 1. The van der Waals surface area contributed by atoms with Crippen LogP contribution in [0.3, 0.4) is 0 Å². The van der Waals surface area contributed by atoms with Crippen molar-refractivity contribution in [2.24, 2.45) is 0 Å². The van der Waals surface area contributed by atoms with Gasteiger partial charge in [-0.25, -0.2) is 4.68 Å². The molecule has 7 nitrogen and oxygen atoms in total. The number of hydrogen-bond donors (Lipinski definition) is 2. The molecule has 0 fully saturated rings. The summed E-state index contributed by atoms with van der Waals surface area (Å²) in [6, 6.07) is 16.6. The maximum Gasteiger partial charge on any atom is 0.307 e. The van der Waals surface area contributed by atoms with Gasteiger partial charge in [0.15, 0.2) is 0 Å². The second-order valence-electron chi connectivity index (χ2n) is 5.99. The minimum absolute atomic E-state index is 0.0335. The second kappa shape index (κ2) is 9.38. The van der Waals surface area contributed by atoms with Gasteiger partial charge in [-0.3, -0.25) is 15.1 Å². The predicted octanol–water partition coefficient (Wildman–Crippen LogP) is 3.07. The highest BCUT2D eigenvalue weighted by atomic mass is 16.7. The van der Waals surface area contributed by atoms with Crippen LogP contribution in [0.5, 0.6) is 5.75 Å². The largest absolute Gasteiger partial charge is 0.491 e. The number of hydrogen-bond acceptors (Lipinski definition) is 5. The van der Waals surface area contributed by atoms with Crippen LogP contribution in [0.1, 0.15) is 11.1 Å². The van der Waals surface area contributed by atoms with Gasteiger partial charge in [0.05, 0.1) is 17.8 Å². The number of nitrogens with one attached hydrogen (secondary N) is 1. The van der Waals surface area contributed by atoms with E-state index in [4.69, 9.17) is 14.7 Å². The van der Waals surface area contributed by atoms with Crippen LogP contribution in [0.15, 0.2) is 73.6 Å². The number of aromatic nitrogens is 2. The molecule has 0 aliphatic carbocycles. The van der Waals surface area contributed by atoms with E-state index >= 15 is 0 Å². The lowest BCUT2D eigenvalue weighted by molar-refractivity contribution is -0.136. The molecule has 0 atom stereocenters. The Morgan fingerprint density at radius 1 is 1.14 bits per heavy atom. The molecule has 28 heavy (non-hydrogen) atoms. The first-order valence-corrected chi connectivity index (χ1v) is 8.72. The summed E-state index contributed by atoms with van der Waals surface area (Å²) >= 11 is 0. The zero-order chi connectivity index (χ0) is 19.8. The van der Waals surface area contributed by atoms with Crippen LogP contribution in [-0.2, 0) is 16.1 Å². The van der Waals surface area contributed by atoms with E-state index in [2.05, 4.69) is 17.2 Å². The molecular formula is C21H21N3O4. The molecule has 2 N–H and O–H groups in total. The lowest BCUT2D eigenvalue weighted by atomic mass is 10.1. The minimum atomic E-state index is -0.874. The molecule has 0 saturated carbocycles. The highest BCUT2D eigenvalue weighted by Gasteiger charge is 2.03. The smallest absolute Gasteiger partial charge is 0.307 e. The van der Waals surface area contributed by atoms with Gasteiger partial charge in [-0.05, 0) is 41.5 Å². The molecule has 0 bridgehead atoms. The highest BCUT2D eigenvalue weighted by Crippen LogP contribution is 2.15. The summed E-state index contributed by atoms with van der Waals surface area (Å²) in [7, 11) is 0. The Morgan fingerprint density at radius 3 is 2.68 bits per heavy atom. The quantitative estimate of drug-likeness (QED) is 0.416. The van der Waals surface area contributed by atoms with Gasteiger partial charge < -0.3 is 9.84 Å². The Hall–Kier alpha value is -3.58. The molecule has 0 saturated heterocycles. The average molecular weight is 379 g/mol. The Bertz CT molecular complexity index is 921. The molecule has 0 unspecified atom stereocenters. The molecule has 144 valence electrons. The van der Waals surface area contributed by atoms with E-state index in [-0.39, 0.29) is 6.42 Å². The maximum atomic E-state index is 10.8. The maximum absolute atomic E-state index is 10.8. The molecule has 3 aromatic rings. The van der Waals surface area contributed by atoms with Crippen molar-refractivity contribution in [3.8, 4) is 11.4 Å². The third-order valence-corrected chi connectivity index (χ3v) is 3.89. The first-order chi connectivity index (χ1) is 13.6. The molecule has 0 amide bonds. The third-order valence-electron chi connectivity index (χ3n) is 3.89. The summed E-state index contributed by atoms with van der Waals surface area (Å²) in [6.07, 6.45) is 3.57. The first-order valence-electron chi connectivity index (χ1n) is 8.72. The lowest BCUT2D eigenvalue weighted by Crippen LogP contribution is -2.17. The standard InChI is InChI=1S/C21H21N3O4/c1-16(18-6-8-19(9-7-18)24-11-3-10-22-24)23-28-13-12-27-20-5-2-4-17(14-20)15-21(25)26/h2-11,14,23H,1,12-13,15H2,(H,25,26). The van der Waals surface area contributed by atoms with Gasteiger partial charge in [0.1, 0.15) is 19.0 Å². The van der Waals surface area contributed by atoms with E-state index in [1.165, 1.54) is 0 Å². The number of ether oxygens (including phenoxy) is 1. The minimum Gasteiger partial charge on any atom is -0.491 e. The summed E-state index contributed by atoms with van der Waals surface area (Å²) in [6.45, 7) is 4.57. The van der Waals surface area contributed by atoms with Crippen LogP contribution in [0.25, 0.3) is 11.4 Å². The van der Waals surface area contributed by atoms with Crippen LogP contribution in [0.4, 0.5) is 0 Å². The Morgan fingerprint density at radius 2 is 1.96 bits per heavy atom. The molecule has 3 rings (SSSR count). The van der Waals surface area contributed by atoms with Crippen LogP contribution < -0.4 is 10.2 Å². The summed E-state index contributed by atoms with van der Waals surface area (Å²) in [5.74, 6) is -0.267. The van der Waals surface area contributed by atoms with Gasteiger partial charge in [0, 0.05) is 12.4 Å². The van der Waals surface area contributed by atoms with Crippen molar-refractivity contribution >= 4 is 11.7 Å². The van der Waals surface area contributed by atoms with Gasteiger partial charge in [-0.2, -0.15) is 5.10 Å². The SMILES string of the molecule is C=C(NOCCOc1cccc(CC(=O)O)c1)c1ccc(-n2cccn2)cc1. The van der Waals surface area contributed by atoms with Crippen molar-refractivity contribution in [2.75, 3.05) is 13.2 Å². The van der Waals surface area contributed by atoms with Gasteiger partial charge in [-0.15, -0.1) is 0 Å². The fourth-order valence-electron chi connectivity index (χ4n) is 2.56. The number of benzene rings is 2. The predicted molar refractivity (Wildman–Crippen MR) is 105 cm³/mol. The summed E-state index contributed by atoms with van der Waals surface area (Å²) in [5, 5.41) is 13.0. The van der Waals surface area contributed by atoms with Crippen LogP contribution in [-0.4, -0.2) is 34.1 Å². The number of hydroxylamine groups is 1. The zero-order valence-electron chi connectivity index (χ0n) is 15.2. The summed E-state index contributed by atoms with van der Waals surface area (Å²) in [4.78, 5) is 16.1. The zero-order valence-corrected chi connectivity index (χ0v) is 15.2. The molecule has 0 aliphatic heterocycles. The van der Waals surface area contributed by atoms with Crippen molar-refractivity contribution in [1.29, 1.82) is 0 Å².